The summed E-state index contributed by atoms with van der Waals surface area (Å²) in [5, 5.41) is 2.77. The quantitative estimate of drug-likeness (QED) is 0.936. The fourth-order valence-electron chi connectivity index (χ4n) is 2.49. The van der Waals surface area contributed by atoms with E-state index in [1.54, 1.807) is 25.2 Å². The first-order valence-corrected chi connectivity index (χ1v) is 7.57. The zero-order valence-corrected chi connectivity index (χ0v) is 13.5. The number of hydrogen-bond donors (Lipinski definition) is 1. The number of nitrogens with one attached hydrogen (secondary N) is 1. The number of carbonyl (C=O) groups is 2. The Bertz CT molecular complexity index is 788. The SMILES string of the molecule is Cc1ccccc1OCC(=O)Nc1cccc2c1N(C)C(=O)CO2. The maximum Gasteiger partial charge on any atom is 0.264 e. The average Bonchev–Trinajstić information content (AvgIpc) is 2.57. The number of rotatable bonds is 4. The third kappa shape index (κ3) is 3.17. The minimum Gasteiger partial charge on any atom is -0.483 e. The molecule has 1 aliphatic rings. The second-order valence-corrected chi connectivity index (χ2v) is 5.50. The monoisotopic (exact) mass is 326 g/mol. The number of hydrogen-bond acceptors (Lipinski definition) is 4. The van der Waals surface area contributed by atoms with Gasteiger partial charge in [0.05, 0.1) is 5.69 Å². The predicted molar refractivity (Wildman–Crippen MR) is 90.7 cm³/mol. The van der Waals surface area contributed by atoms with Gasteiger partial charge in [0, 0.05) is 7.05 Å². The highest BCUT2D eigenvalue weighted by Gasteiger charge is 2.25. The normalized spacial score (nSPS) is 13.1. The lowest BCUT2D eigenvalue weighted by molar-refractivity contribution is -0.121. The first-order valence-electron chi connectivity index (χ1n) is 7.57. The summed E-state index contributed by atoms with van der Waals surface area (Å²) in [6.45, 7) is 1.79. The van der Waals surface area contributed by atoms with Crippen LogP contribution in [0, 0.1) is 6.92 Å². The van der Waals surface area contributed by atoms with Gasteiger partial charge in [0.15, 0.2) is 13.2 Å². The van der Waals surface area contributed by atoms with Crippen LogP contribution in [0.2, 0.25) is 0 Å². The van der Waals surface area contributed by atoms with E-state index in [9.17, 15) is 9.59 Å². The van der Waals surface area contributed by atoms with Gasteiger partial charge in [-0.05, 0) is 30.7 Å². The molecule has 3 rings (SSSR count). The van der Waals surface area contributed by atoms with Crippen molar-refractivity contribution in [3.8, 4) is 11.5 Å². The summed E-state index contributed by atoms with van der Waals surface area (Å²) >= 11 is 0. The summed E-state index contributed by atoms with van der Waals surface area (Å²) in [6.07, 6.45) is 0. The molecule has 6 nitrogen and oxygen atoms in total. The Kier molecular flexibility index (Phi) is 4.37. The molecule has 0 bridgehead atoms. The van der Waals surface area contributed by atoms with Crippen molar-refractivity contribution in [2.75, 3.05) is 30.5 Å². The van der Waals surface area contributed by atoms with E-state index in [4.69, 9.17) is 9.47 Å². The van der Waals surface area contributed by atoms with Crippen LogP contribution in [0.1, 0.15) is 5.56 Å². The Hall–Kier alpha value is -3.02. The van der Waals surface area contributed by atoms with Crippen LogP contribution >= 0.6 is 0 Å². The Morgan fingerprint density at radius 1 is 1.25 bits per heavy atom. The standard InChI is InChI=1S/C18H18N2O4/c1-12-6-3-4-8-14(12)23-10-16(21)19-13-7-5-9-15-18(13)20(2)17(22)11-24-15/h3-9H,10-11H2,1-2H3,(H,19,21). The summed E-state index contributed by atoms with van der Waals surface area (Å²) in [5.41, 5.74) is 2.03. The van der Waals surface area contributed by atoms with Gasteiger partial charge in [-0.3, -0.25) is 9.59 Å². The number of amides is 2. The molecule has 1 heterocycles. The molecule has 0 aliphatic carbocycles. The largest absolute Gasteiger partial charge is 0.483 e. The van der Waals surface area contributed by atoms with Crippen LogP contribution < -0.4 is 19.7 Å². The lowest BCUT2D eigenvalue weighted by Crippen LogP contribution is -2.36. The molecule has 2 amide bonds. The Morgan fingerprint density at radius 3 is 2.83 bits per heavy atom. The van der Waals surface area contributed by atoms with Crippen molar-refractivity contribution in [3.63, 3.8) is 0 Å². The fourth-order valence-corrected chi connectivity index (χ4v) is 2.49. The molecule has 2 aromatic rings. The number of carbonyl (C=O) groups excluding carboxylic acids is 2. The second kappa shape index (κ2) is 6.62. The topological polar surface area (TPSA) is 67.9 Å². The summed E-state index contributed by atoms with van der Waals surface area (Å²) in [4.78, 5) is 25.5. The molecular formula is C18H18N2O4. The van der Waals surface area contributed by atoms with Crippen LogP contribution in [-0.2, 0) is 9.59 Å². The number of likely N-dealkylation sites (N-methyl/N-ethyl adjacent to an activating group) is 1. The molecule has 0 spiro atoms. The molecule has 0 aromatic heterocycles. The van der Waals surface area contributed by atoms with E-state index in [1.807, 2.05) is 31.2 Å². The van der Waals surface area contributed by atoms with Gasteiger partial charge in [-0.2, -0.15) is 0 Å². The van der Waals surface area contributed by atoms with E-state index in [-0.39, 0.29) is 25.0 Å². The number of benzene rings is 2. The third-order valence-corrected chi connectivity index (χ3v) is 3.79. The van der Waals surface area contributed by atoms with Gasteiger partial charge >= 0.3 is 0 Å². The van der Waals surface area contributed by atoms with Gasteiger partial charge in [0.1, 0.15) is 17.2 Å². The number of aryl methyl sites for hydroxylation is 1. The van der Waals surface area contributed by atoms with Gasteiger partial charge in [0.2, 0.25) is 0 Å². The molecule has 0 atom stereocenters. The molecular weight excluding hydrogens is 308 g/mol. The fraction of sp³-hybridized carbons (Fsp3) is 0.222. The highest BCUT2D eigenvalue weighted by atomic mass is 16.5. The maximum absolute atomic E-state index is 12.2. The van der Waals surface area contributed by atoms with Crippen molar-refractivity contribution in [1.29, 1.82) is 0 Å². The molecule has 6 heteroatoms. The van der Waals surface area contributed by atoms with Crippen LogP contribution in [0.4, 0.5) is 11.4 Å². The van der Waals surface area contributed by atoms with Crippen LogP contribution in [0.15, 0.2) is 42.5 Å². The average molecular weight is 326 g/mol. The zero-order chi connectivity index (χ0) is 17.1. The van der Waals surface area contributed by atoms with Crippen molar-refractivity contribution in [1.82, 2.24) is 0 Å². The Labute approximate surface area is 140 Å². The van der Waals surface area contributed by atoms with Gasteiger partial charge in [-0.1, -0.05) is 24.3 Å². The molecule has 1 N–H and O–H groups in total. The zero-order valence-electron chi connectivity index (χ0n) is 13.5. The van der Waals surface area contributed by atoms with Crippen molar-refractivity contribution in [3.05, 3.63) is 48.0 Å². The molecule has 0 radical (unpaired) electrons. The predicted octanol–water partition coefficient (Wildman–Crippen LogP) is 2.37. The maximum atomic E-state index is 12.2. The first kappa shape index (κ1) is 15.9. The smallest absolute Gasteiger partial charge is 0.264 e. The van der Waals surface area contributed by atoms with Crippen molar-refractivity contribution in [2.24, 2.45) is 0 Å². The van der Waals surface area contributed by atoms with Crippen LogP contribution in [-0.4, -0.2) is 32.1 Å². The van der Waals surface area contributed by atoms with Crippen molar-refractivity contribution >= 4 is 23.2 Å². The van der Waals surface area contributed by atoms with Gasteiger partial charge in [-0.25, -0.2) is 0 Å². The van der Waals surface area contributed by atoms with Crippen LogP contribution in [0.5, 0.6) is 11.5 Å². The van der Waals surface area contributed by atoms with E-state index < -0.39 is 0 Å². The van der Waals surface area contributed by atoms with E-state index in [0.29, 0.717) is 22.9 Å². The minimum atomic E-state index is -0.307. The van der Waals surface area contributed by atoms with Crippen LogP contribution in [0.25, 0.3) is 0 Å². The number of anilines is 2. The van der Waals surface area contributed by atoms with E-state index in [1.165, 1.54) is 4.90 Å². The van der Waals surface area contributed by atoms with Gasteiger partial charge in [-0.15, -0.1) is 0 Å². The summed E-state index contributed by atoms with van der Waals surface area (Å²) in [6, 6.07) is 12.7. The molecule has 24 heavy (non-hydrogen) atoms. The molecule has 0 unspecified atom stereocenters. The first-order chi connectivity index (χ1) is 11.6. The van der Waals surface area contributed by atoms with Crippen molar-refractivity contribution < 1.29 is 19.1 Å². The molecule has 2 aromatic carbocycles. The number of para-hydroxylation sites is 2. The van der Waals surface area contributed by atoms with E-state index in [0.717, 1.165) is 5.56 Å². The number of ether oxygens (including phenoxy) is 2. The summed E-state index contributed by atoms with van der Waals surface area (Å²) < 4.78 is 10.9. The molecule has 0 saturated carbocycles. The van der Waals surface area contributed by atoms with Crippen molar-refractivity contribution in [2.45, 2.75) is 6.92 Å². The van der Waals surface area contributed by atoms with Gasteiger partial charge in [0.25, 0.3) is 11.8 Å². The molecule has 0 saturated heterocycles. The third-order valence-electron chi connectivity index (χ3n) is 3.79. The molecule has 124 valence electrons. The lowest BCUT2D eigenvalue weighted by atomic mass is 10.2. The second-order valence-electron chi connectivity index (χ2n) is 5.50. The van der Waals surface area contributed by atoms with Crippen LogP contribution in [0.3, 0.4) is 0 Å². The lowest BCUT2D eigenvalue weighted by Gasteiger charge is -2.28. The molecule has 0 fully saturated rings. The molecule has 1 aliphatic heterocycles. The summed E-state index contributed by atoms with van der Waals surface area (Å²) in [5.74, 6) is 0.756. The van der Waals surface area contributed by atoms with E-state index >= 15 is 0 Å². The highest BCUT2D eigenvalue weighted by molar-refractivity contribution is 6.04. The minimum absolute atomic E-state index is 0.00268. The number of nitrogens with zero attached hydrogens (tertiary/aromatic N) is 1. The Balaban J connectivity index is 1.71. The highest BCUT2D eigenvalue weighted by Crippen LogP contribution is 2.37. The van der Waals surface area contributed by atoms with Gasteiger partial charge < -0.3 is 19.7 Å². The number of fused-ring (bicyclic) bond motifs is 1. The van der Waals surface area contributed by atoms with E-state index in [2.05, 4.69) is 5.32 Å². The Morgan fingerprint density at radius 2 is 2.04 bits per heavy atom. The summed E-state index contributed by atoms with van der Waals surface area (Å²) in [7, 11) is 1.66.